The first-order valence-electron chi connectivity index (χ1n) is 9.24. The van der Waals surface area contributed by atoms with Gasteiger partial charge < -0.3 is 4.90 Å². The number of aryl methyl sites for hydroxylation is 1. The van der Waals surface area contributed by atoms with E-state index in [2.05, 4.69) is 65.3 Å². The van der Waals surface area contributed by atoms with Crippen LogP contribution in [0.5, 0.6) is 0 Å². The third kappa shape index (κ3) is 2.69. The highest BCUT2D eigenvalue weighted by Crippen LogP contribution is 2.36. The van der Waals surface area contributed by atoms with Crippen molar-refractivity contribution in [3.8, 4) is 0 Å². The molecule has 0 amide bonds. The molecule has 3 nitrogen and oxygen atoms in total. The van der Waals surface area contributed by atoms with E-state index in [1.165, 1.54) is 16.5 Å². The zero-order valence-electron chi connectivity index (χ0n) is 14.9. The number of hydrogen-bond donors (Lipinski definition) is 0. The minimum Gasteiger partial charge on any atom is -0.343 e. The van der Waals surface area contributed by atoms with Crippen LogP contribution in [0.25, 0.3) is 10.8 Å². The van der Waals surface area contributed by atoms with Crippen LogP contribution in [0.3, 0.4) is 0 Å². The van der Waals surface area contributed by atoms with Gasteiger partial charge in [0.05, 0.1) is 5.69 Å². The molecule has 5 rings (SSSR count). The minimum absolute atomic E-state index is 0.566. The molecule has 2 aliphatic rings. The van der Waals surface area contributed by atoms with Crippen LogP contribution < -0.4 is 0 Å². The molecule has 0 spiro atoms. The average Bonchev–Trinajstić information content (AvgIpc) is 3.08. The highest BCUT2D eigenvalue weighted by atomic mass is 32.2. The summed E-state index contributed by atoms with van der Waals surface area (Å²) in [6, 6.07) is 17.9. The molecular weight excluding hydrogens is 338 g/mol. The van der Waals surface area contributed by atoms with Crippen molar-refractivity contribution < 1.29 is 0 Å². The van der Waals surface area contributed by atoms with E-state index in [9.17, 15) is 0 Å². The Bertz CT molecular complexity index is 1010. The fourth-order valence-electron chi connectivity index (χ4n) is 3.90. The third-order valence-corrected chi connectivity index (χ3v) is 6.52. The summed E-state index contributed by atoms with van der Waals surface area (Å²) >= 11 is 1.89. The lowest BCUT2D eigenvalue weighted by Gasteiger charge is -2.32. The maximum atomic E-state index is 5.10. The van der Waals surface area contributed by atoms with Crippen LogP contribution in [-0.2, 0) is 19.4 Å². The van der Waals surface area contributed by atoms with Crippen LogP contribution in [0.1, 0.15) is 23.7 Å². The molecule has 3 heterocycles. The van der Waals surface area contributed by atoms with Crippen molar-refractivity contribution >= 4 is 33.4 Å². The van der Waals surface area contributed by atoms with Gasteiger partial charge >= 0.3 is 0 Å². The number of nitrogens with zero attached hydrogens (tertiary/aromatic N) is 3. The molecule has 26 heavy (non-hydrogen) atoms. The number of thioether (sulfide) groups is 1. The van der Waals surface area contributed by atoms with Crippen molar-refractivity contribution in [2.24, 2.45) is 4.99 Å². The number of amidine groups is 1. The second-order valence-corrected chi connectivity index (χ2v) is 7.97. The second-order valence-electron chi connectivity index (χ2n) is 6.99. The molecule has 2 aliphatic heterocycles. The third-order valence-electron chi connectivity index (χ3n) is 5.38. The van der Waals surface area contributed by atoms with Gasteiger partial charge in [-0.1, -0.05) is 55.1 Å². The van der Waals surface area contributed by atoms with E-state index in [1.54, 1.807) is 0 Å². The van der Waals surface area contributed by atoms with Crippen LogP contribution in [0.15, 0.2) is 59.7 Å². The molecule has 0 saturated carbocycles. The molecule has 0 unspecified atom stereocenters. The first kappa shape index (κ1) is 15.9. The standard InChI is InChI=1S/C22H21N3S/c1-2-18-11-20-16(12-23-18)8-5-9-21(20)24-22-25-13-17-7-4-3-6-15(17)10-19(25)14-26-22/h3-9,11-12,19H,2,10,13-14H2,1H3/t19-/m0/s1. The van der Waals surface area contributed by atoms with Crippen molar-refractivity contribution in [2.45, 2.75) is 32.4 Å². The molecule has 4 heteroatoms. The first-order valence-corrected chi connectivity index (χ1v) is 10.2. The highest BCUT2D eigenvalue weighted by molar-refractivity contribution is 8.14. The van der Waals surface area contributed by atoms with Crippen molar-refractivity contribution in [3.63, 3.8) is 0 Å². The molecule has 1 saturated heterocycles. The molecule has 0 radical (unpaired) electrons. The summed E-state index contributed by atoms with van der Waals surface area (Å²) < 4.78 is 0. The van der Waals surface area contributed by atoms with Gasteiger partial charge in [-0.25, -0.2) is 4.99 Å². The Morgan fingerprint density at radius 3 is 2.92 bits per heavy atom. The number of benzene rings is 2. The Balaban J connectivity index is 1.55. The Labute approximate surface area is 158 Å². The van der Waals surface area contributed by atoms with Gasteiger partial charge in [0.2, 0.25) is 0 Å². The number of aliphatic imine (C=N–C) groups is 1. The lowest BCUT2D eigenvalue weighted by molar-refractivity contribution is 0.320. The van der Waals surface area contributed by atoms with Crippen LogP contribution >= 0.6 is 11.8 Å². The Kier molecular flexibility index (Phi) is 3.93. The highest BCUT2D eigenvalue weighted by Gasteiger charge is 2.34. The van der Waals surface area contributed by atoms with Gasteiger partial charge in [0.1, 0.15) is 0 Å². The van der Waals surface area contributed by atoms with Crippen molar-refractivity contribution in [3.05, 3.63) is 71.5 Å². The molecular formula is C22H21N3S. The fourth-order valence-corrected chi connectivity index (χ4v) is 5.08. The van der Waals surface area contributed by atoms with Gasteiger partial charge in [-0.15, -0.1) is 0 Å². The Morgan fingerprint density at radius 2 is 2.04 bits per heavy atom. The fraction of sp³-hybridized carbons (Fsp3) is 0.273. The smallest absolute Gasteiger partial charge is 0.165 e. The quantitative estimate of drug-likeness (QED) is 0.647. The van der Waals surface area contributed by atoms with Crippen LogP contribution in [0, 0.1) is 0 Å². The summed E-state index contributed by atoms with van der Waals surface area (Å²) in [7, 11) is 0. The van der Waals surface area contributed by atoms with Crippen LogP contribution in [0.4, 0.5) is 5.69 Å². The van der Waals surface area contributed by atoms with Gasteiger partial charge in [0.15, 0.2) is 5.17 Å². The van der Waals surface area contributed by atoms with E-state index in [-0.39, 0.29) is 0 Å². The first-order chi connectivity index (χ1) is 12.8. The molecule has 0 N–H and O–H groups in total. The summed E-state index contributed by atoms with van der Waals surface area (Å²) in [4.78, 5) is 12.1. The monoisotopic (exact) mass is 359 g/mol. The van der Waals surface area contributed by atoms with Gasteiger partial charge in [-0.2, -0.15) is 0 Å². The van der Waals surface area contributed by atoms with Gasteiger partial charge in [0, 0.05) is 41.0 Å². The SMILES string of the molecule is CCc1cc2c(N=C3SC[C@@H]4Cc5ccccc5CN34)cccc2cn1. The summed E-state index contributed by atoms with van der Waals surface area (Å²) in [5.74, 6) is 1.12. The predicted molar refractivity (Wildman–Crippen MR) is 110 cm³/mol. The molecule has 1 fully saturated rings. The van der Waals surface area contributed by atoms with Gasteiger partial charge in [-0.3, -0.25) is 4.98 Å². The summed E-state index contributed by atoms with van der Waals surface area (Å²) in [5, 5.41) is 3.52. The number of hydrogen-bond acceptors (Lipinski definition) is 3. The largest absolute Gasteiger partial charge is 0.343 e. The summed E-state index contributed by atoms with van der Waals surface area (Å²) in [5.41, 5.74) is 5.12. The minimum atomic E-state index is 0.566. The maximum absolute atomic E-state index is 5.10. The zero-order valence-corrected chi connectivity index (χ0v) is 15.7. The predicted octanol–water partition coefficient (Wildman–Crippen LogP) is 4.96. The van der Waals surface area contributed by atoms with Crippen LogP contribution in [-0.4, -0.2) is 26.8 Å². The van der Waals surface area contributed by atoms with Crippen molar-refractivity contribution in [1.29, 1.82) is 0 Å². The topological polar surface area (TPSA) is 28.5 Å². The molecule has 2 aromatic carbocycles. The molecule has 0 bridgehead atoms. The lowest BCUT2D eigenvalue weighted by Crippen LogP contribution is -2.38. The van der Waals surface area contributed by atoms with E-state index in [0.717, 1.165) is 47.1 Å². The number of rotatable bonds is 2. The molecule has 1 atom stereocenters. The number of fused-ring (bicyclic) bond motifs is 3. The van der Waals surface area contributed by atoms with Gasteiger partial charge in [0.25, 0.3) is 0 Å². The normalized spacial score (nSPS) is 20.4. The lowest BCUT2D eigenvalue weighted by atomic mass is 9.95. The molecule has 0 aliphatic carbocycles. The van der Waals surface area contributed by atoms with E-state index >= 15 is 0 Å². The molecule has 3 aromatic rings. The Morgan fingerprint density at radius 1 is 1.15 bits per heavy atom. The second kappa shape index (κ2) is 6.44. The van der Waals surface area contributed by atoms with E-state index < -0.39 is 0 Å². The number of aromatic nitrogens is 1. The van der Waals surface area contributed by atoms with Crippen molar-refractivity contribution in [1.82, 2.24) is 9.88 Å². The number of pyridine rings is 1. The maximum Gasteiger partial charge on any atom is 0.165 e. The molecule has 130 valence electrons. The summed E-state index contributed by atoms with van der Waals surface area (Å²) in [6.45, 7) is 3.12. The van der Waals surface area contributed by atoms with Crippen LogP contribution in [0.2, 0.25) is 0 Å². The average molecular weight is 359 g/mol. The Hall–Kier alpha value is -2.33. The summed E-state index contributed by atoms with van der Waals surface area (Å²) in [6.07, 6.45) is 4.04. The van der Waals surface area contributed by atoms with E-state index in [4.69, 9.17) is 4.99 Å². The van der Waals surface area contributed by atoms with E-state index in [1.807, 2.05) is 18.0 Å². The van der Waals surface area contributed by atoms with E-state index in [0.29, 0.717) is 6.04 Å². The zero-order chi connectivity index (χ0) is 17.5. The van der Waals surface area contributed by atoms with Gasteiger partial charge in [-0.05, 0) is 36.1 Å². The molecule has 1 aromatic heterocycles. The van der Waals surface area contributed by atoms with Crippen molar-refractivity contribution in [2.75, 3.05) is 5.75 Å².